The van der Waals surface area contributed by atoms with Gasteiger partial charge in [0.2, 0.25) is 11.1 Å². The molecule has 27 heavy (non-hydrogen) atoms. The first-order chi connectivity index (χ1) is 12.8. The number of hydrogen-bond acceptors (Lipinski definition) is 6. The molecule has 142 valence electrons. The first kappa shape index (κ1) is 19.5. The molecule has 0 fully saturated rings. The quantitative estimate of drug-likeness (QED) is 0.467. The van der Waals surface area contributed by atoms with Crippen molar-refractivity contribution in [3.05, 3.63) is 46.3 Å². The van der Waals surface area contributed by atoms with Crippen LogP contribution in [0.4, 0.5) is 18.9 Å². The van der Waals surface area contributed by atoms with E-state index in [1.807, 2.05) is 17.5 Å². The lowest BCUT2D eigenvalue weighted by Crippen LogP contribution is -2.19. The molecule has 6 nitrogen and oxygen atoms in total. The normalized spacial score (nSPS) is 11.6. The first-order valence-electron chi connectivity index (χ1n) is 7.30. The van der Waals surface area contributed by atoms with Crippen LogP contribution in [0.25, 0.3) is 10.7 Å². The number of aromatic nitrogens is 3. The van der Waals surface area contributed by atoms with Gasteiger partial charge in [0.15, 0.2) is 5.82 Å². The Morgan fingerprint density at radius 2 is 2.07 bits per heavy atom. The standard InChI is InChI=1S/C15H11ClF3N5OS2/c16-9-4-1-3-8(15(17,18)19)12(9)21-11(25)7-27-14-23-22-13(24(14)20)10-5-2-6-26-10/h1-6H,7,20H2,(H,21,25). The van der Waals surface area contributed by atoms with Gasteiger partial charge in [-0.05, 0) is 23.6 Å². The number of hydrogen-bond donors (Lipinski definition) is 2. The lowest BCUT2D eigenvalue weighted by atomic mass is 10.1. The van der Waals surface area contributed by atoms with Gasteiger partial charge in [0.25, 0.3) is 0 Å². The van der Waals surface area contributed by atoms with Gasteiger partial charge in [-0.15, -0.1) is 21.5 Å². The molecule has 1 amide bonds. The number of carbonyl (C=O) groups is 1. The van der Waals surface area contributed by atoms with Crippen molar-refractivity contribution in [3.63, 3.8) is 0 Å². The van der Waals surface area contributed by atoms with Crippen molar-refractivity contribution in [2.24, 2.45) is 0 Å². The molecular formula is C15H11ClF3N5OS2. The van der Waals surface area contributed by atoms with Gasteiger partial charge in [-0.3, -0.25) is 4.79 Å². The van der Waals surface area contributed by atoms with Gasteiger partial charge >= 0.3 is 6.18 Å². The Morgan fingerprint density at radius 3 is 2.74 bits per heavy atom. The minimum atomic E-state index is -4.65. The molecule has 12 heteroatoms. The van der Waals surface area contributed by atoms with Gasteiger partial charge in [0.1, 0.15) is 0 Å². The number of nitrogens with two attached hydrogens (primary N) is 1. The van der Waals surface area contributed by atoms with E-state index in [0.29, 0.717) is 5.82 Å². The summed E-state index contributed by atoms with van der Waals surface area (Å²) in [4.78, 5) is 12.9. The number of thiophene rings is 1. The molecule has 3 N–H and O–H groups in total. The Kier molecular flexibility index (Phi) is 5.63. The van der Waals surface area contributed by atoms with Crippen LogP contribution < -0.4 is 11.2 Å². The van der Waals surface area contributed by atoms with Gasteiger partial charge in [-0.25, -0.2) is 4.68 Å². The summed E-state index contributed by atoms with van der Waals surface area (Å²) >= 11 is 8.18. The Labute approximate surface area is 164 Å². The van der Waals surface area contributed by atoms with Gasteiger partial charge in [0, 0.05) is 0 Å². The van der Waals surface area contributed by atoms with Crippen molar-refractivity contribution in [3.8, 4) is 10.7 Å². The number of amides is 1. The SMILES string of the molecule is Nn1c(SCC(=O)Nc2c(Cl)cccc2C(F)(F)F)nnc1-c1cccs1. The Balaban J connectivity index is 1.70. The minimum absolute atomic E-state index is 0.204. The third-order valence-corrected chi connectivity index (χ3v) is 5.45. The number of carbonyl (C=O) groups excluding carboxylic acids is 1. The highest BCUT2D eigenvalue weighted by atomic mass is 35.5. The van der Waals surface area contributed by atoms with E-state index < -0.39 is 23.3 Å². The smallest absolute Gasteiger partial charge is 0.335 e. The van der Waals surface area contributed by atoms with E-state index in [-0.39, 0.29) is 15.9 Å². The van der Waals surface area contributed by atoms with Crippen LogP contribution in [-0.2, 0) is 11.0 Å². The molecule has 0 saturated heterocycles. The Morgan fingerprint density at radius 1 is 1.30 bits per heavy atom. The maximum absolute atomic E-state index is 13.1. The summed E-state index contributed by atoms with van der Waals surface area (Å²) in [6.45, 7) is 0. The van der Waals surface area contributed by atoms with Crippen LogP contribution in [0.3, 0.4) is 0 Å². The summed E-state index contributed by atoms with van der Waals surface area (Å²) in [6, 6.07) is 6.92. The van der Waals surface area contributed by atoms with E-state index in [1.165, 1.54) is 28.1 Å². The second-order valence-corrected chi connectivity index (χ2v) is 7.45. The molecule has 2 aromatic heterocycles. The molecule has 0 atom stereocenters. The maximum atomic E-state index is 13.1. The molecule has 3 aromatic rings. The van der Waals surface area contributed by atoms with Gasteiger partial charge in [0.05, 0.1) is 26.9 Å². The summed E-state index contributed by atoms with van der Waals surface area (Å²) in [5.41, 5.74) is -1.50. The number of nitrogens with zero attached hydrogens (tertiary/aromatic N) is 3. The van der Waals surface area contributed by atoms with Crippen molar-refractivity contribution in [1.82, 2.24) is 14.9 Å². The molecule has 0 saturated carbocycles. The van der Waals surface area contributed by atoms with E-state index in [1.54, 1.807) is 0 Å². The number of nitrogen functional groups attached to an aromatic ring is 1. The van der Waals surface area contributed by atoms with Crippen molar-refractivity contribution in [1.29, 1.82) is 0 Å². The number of rotatable bonds is 5. The second kappa shape index (κ2) is 7.79. The fraction of sp³-hybridized carbons (Fsp3) is 0.133. The first-order valence-corrected chi connectivity index (χ1v) is 9.54. The highest BCUT2D eigenvalue weighted by molar-refractivity contribution is 7.99. The number of halogens is 4. The number of para-hydroxylation sites is 1. The molecule has 0 aliphatic carbocycles. The van der Waals surface area contributed by atoms with Crippen LogP contribution >= 0.6 is 34.7 Å². The van der Waals surface area contributed by atoms with Crippen LogP contribution in [-0.4, -0.2) is 26.5 Å². The zero-order chi connectivity index (χ0) is 19.6. The summed E-state index contributed by atoms with van der Waals surface area (Å²) in [7, 11) is 0. The monoisotopic (exact) mass is 433 g/mol. The summed E-state index contributed by atoms with van der Waals surface area (Å²) < 4.78 is 40.4. The molecule has 3 rings (SSSR count). The largest absolute Gasteiger partial charge is 0.418 e. The lowest BCUT2D eigenvalue weighted by molar-refractivity contribution is -0.137. The van der Waals surface area contributed by atoms with E-state index in [0.717, 1.165) is 22.7 Å². The van der Waals surface area contributed by atoms with Crippen LogP contribution in [0.15, 0.2) is 40.9 Å². The zero-order valence-electron chi connectivity index (χ0n) is 13.3. The van der Waals surface area contributed by atoms with Gasteiger partial charge in [-0.1, -0.05) is 35.5 Å². The van der Waals surface area contributed by atoms with E-state index >= 15 is 0 Å². The maximum Gasteiger partial charge on any atom is 0.418 e. The third kappa shape index (κ3) is 4.37. The summed E-state index contributed by atoms with van der Waals surface area (Å²) in [5.74, 6) is 5.44. The average Bonchev–Trinajstić information content (AvgIpc) is 3.23. The topological polar surface area (TPSA) is 85.8 Å². The van der Waals surface area contributed by atoms with Crippen LogP contribution in [0.5, 0.6) is 0 Å². The molecular weight excluding hydrogens is 423 g/mol. The third-order valence-electron chi connectivity index (χ3n) is 3.32. The fourth-order valence-corrected chi connectivity index (χ4v) is 3.73. The van der Waals surface area contributed by atoms with Crippen molar-refractivity contribution in [2.45, 2.75) is 11.3 Å². The lowest BCUT2D eigenvalue weighted by Gasteiger charge is -2.15. The molecule has 0 aliphatic heterocycles. The number of thioether (sulfide) groups is 1. The number of alkyl halides is 3. The van der Waals surface area contributed by atoms with E-state index in [4.69, 9.17) is 17.4 Å². The highest BCUT2D eigenvalue weighted by Crippen LogP contribution is 2.38. The van der Waals surface area contributed by atoms with Crippen LogP contribution in [0, 0.1) is 0 Å². The number of benzene rings is 1. The molecule has 2 heterocycles. The Bertz CT molecular complexity index is 959. The second-order valence-electron chi connectivity index (χ2n) is 5.15. The van der Waals surface area contributed by atoms with Crippen molar-refractivity contribution < 1.29 is 18.0 Å². The molecule has 1 aromatic carbocycles. The van der Waals surface area contributed by atoms with E-state index in [2.05, 4.69) is 15.5 Å². The molecule has 0 bridgehead atoms. The number of anilines is 1. The Hall–Kier alpha value is -2.24. The molecule has 0 aliphatic rings. The highest BCUT2D eigenvalue weighted by Gasteiger charge is 2.34. The fourth-order valence-electron chi connectivity index (χ4n) is 2.14. The van der Waals surface area contributed by atoms with Crippen molar-refractivity contribution >= 4 is 46.3 Å². The van der Waals surface area contributed by atoms with Crippen LogP contribution in [0.2, 0.25) is 5.02 Å². The number of nitrogens with one attached hydrogen (secondary N) is 1. The minimum Gasteiger partial charge on any atom is -0.335 e. The van der Waals surface area contributed by atoms with Gasteiger partial charge < -0.3 is 11.2 Å². The predicted molar refractivity (Wildman–Crippen MR) is 99.3 cm³/mol. The van der Waals surface area contributed by atoms with E-state index in [9.17, 15) is 18.0 Å². The molecule has 0 spiro atoms. The average molecular weight is 434 g/mol. The van der Waals surface area contributed by atoms with Crippen LogP contribution in [0.1, 0.15) is 5.56 Å². The van der Waals surface area contributed by atoms with Gasteiger partial charge in [-0.2, -0.15) is 13.2 Å². The molecule has 0 radical (unpaired) electrons. The zero-order valence-corrected chi connectivity index (χ0v) is 15.7. The predicted octanol–water partition coefficient (Wildman–Crippen LogP) is 4.12. The summed E-state index contributed by atoms with van der Waals surface area (Å²) in [6.07, 6.45) is -4.65. The molecule has 0 unspecified atom stereocenters. The van der Waals surface area contributed by atoms with Crippen molar-refractivity contribution in [2.75, 3.05) is 16.9 Å². The summed E-state index contributed by atoms with van der Waals surface area (Å²) in [5, 5.41) is 12.0.